The summed E-state index contributed by atoms with van der Waals surface area (Å²) in [4.78, 5) is 2.44. The van der Waals surface area contributed by atoms with Crippen molar-refractivity contribution in [2.45, 2.75) is 57.7 Å². The van der Waals surface area contributed by atoms with Crippen LogP contribution in [0, 0.1) is 3.95 Å². The number of benzene rings is 1. The van der Waals surface area contributed by atoms with Gasteiger partial charge in [-0.25, -0.2) is 4.68 Å². The summed E-state index contributed by atoms with van der Waals surface area (Å²) in [5.41, 5.74) is 0.936. The number of aryl methyl sites for hydroxylation is 1. The summed E-state index contributed by atoms with van der Waals surface area (Å²) in [6.07, 6.45) is 7.11. The van der Waals surface area contributed by atoms with Gasteiger partial charge < -0.3 is 14.6 Å². The zero-order valence-corrected chi connectivity index (χ0v) is 20.0. The smallest absolute Gasteiger partial charge is 0.209 e. The molecule has 1 fully saturated rings. The van der Waals surface area contributed by atoms with Gasteiger partial charge in [-0.05, 0) is 56.6 Å². The SMILES string of the molecule is COc1cccc(Nc2nn(CN3CCCC(c4nnc5n4CCCCC5)C3)c(=S)s2)c1. The zero-order valence-electron chi connectivity index (χ0n) is 18.4. The Labute approximate surface area is 197 Å². The largest absolute Gasteiger partial charge is 0.497 e. The predicted molar refractivity (Wildman–Crippen MR) is 128 cm³/mol. The van der Waals surface area contributed by atoms with Gasteiger partial charge >= 0.3 is 0 Å². The summed E-state index contributed by atoms with van der Waals surface area (Å²) in [5.74, 6) is 3.58. The summed E-state index contributed by atoms with van der Waals surface area (Å²) >= 11 is 7.10. The number of hydrogen-bond donors (Lipinski definition) is 1. The number of aromatic nitrogens is 5. The van der Waals surface area contributed by atoms with E-state index >= 15 is 0 Å². The van der Waals surface area contributed by atoms with Gasteiger partial charge in [0.25, 0.3) is 0 Å². The standard InChI is InChI=1S/C22H29N7OS2/c1-30-18-9-5-8-17(13-18)23-21-26-29(22(31)32-21)15-27-11-6-7-16(14-27)20-25-24-19-10-3-2-4-12-28(19)20/h5,8-9,13,16H,2-4,6-7,10-12,14-15H2,1H3,(H,23,26). The highest BCUT2D eigenvalue weighted by atomic mass is 32.1. The number of hydrogen-bond acceptors (Lipinski definition) is 8. The highest BCUT2D eigenvalue weighted by Crippen LogP contribution is 2.29. The molecule has 2 aromatic heterocycles. The molecule has 4 heterocycles. The molecule has 2 aliphatic heterocycles. The molecule has 0 bridgehead atoms. The molecular weight excluding hydrogens is 442 g/mol. The lowest BCUT2D eigenvalue weighted by molar-refractivity contribution is 0.153. The van der Waals surface area contributed by atoms with Crippen LogP contribution in [0.25, 0.3) is 0 Å². The van der Waals surface area contributed by atoms with E-state index in [0.29, 0.717) is 12.6 Å². The van der Waals surface area contributed by atoms with Crippen LogP contribution in [-0.2, 0) is 19.6 Å². The van der Waals surface area contributed by atoms with Crippen molar-refractivity contribution in [3.63, 3.8) is 0 Å². The second-order valence-electron chi connectivity index (χ2n) is 8.52. The number of nitrogens with one attached hydrogen (secondary N) is 1. The van der Waals surface area contributed by atoms with E-state index in [-0.39, 0.29) is 0 Å². The third-order valence-electron chi connectivity index (χ3n) is 6.27. The minimum absolute atomic E-state index is 0.422. The number of fused-ring (bicyclic) bond motifs is 1. The maximum Gasteiger partial charge on any atom is 0.209 e. The summed E-state index contributed by atoms with van der Waals surface area (Å²) in [6, 6.07) is 7.82. The van der Waals surface area contributed by atoms with E-state index in [1.165, 1.54) is 48.7 Å². The highest BCUT2D eigenvalue weighted by Gasteiger charge is 2.27. The maximum absolute atomic E-state index is 5.61. The lowest BCUT2D eigenvalue weighted by Crippen LogP contribution is -2.37. The third kappa shape index (κ3) is 4.72. The van der Waals surface area contributed by atoms with E-state index in [1.54, 1.807) is 7.11 Å². The van der Waals surface area contributed by atoms with Crippen LogP contribution in [0.15, 0.2) is 24.3 Å². The molecule has 0 spiro atoms. The monoisotopic (exact) mass is 471 g/mol. The third-order valence-corrected chi connectivity index (χ3v) is 7.49. The van der Waals surface area contributed by atoms with E-state index in [9.17, 15) is 0 Å². The van der Waals surface area contributed by atoms with Crippen molar-refractivity contribution in [2.75, 3.05) is 25.5 Å². The Bertz CT molecular complexity index is 1120. The molecule has 1 aromatic carbocycles. The minimum Gasteiger partial charge on any atom is -0.497 e. The Kier molecular flexibility index (Phi) is 6.52. The van der Waals surface area contributed by atoms with Crippen LogP contribution in [-0.4, -0.2) is 49.6 Å². The number of rotatable bonds is 6. The average molecular weight is 472 g/mol. The van der Waals surface area contributed by atoms with E-state index < -0.39 is 0 Å². The Morgan fingerprint density at radius 3 is 3.03 bits per heavy atom. The van der Waals surface area contributed by atoms with Crippen LogP contribution >= 0.6 is 23.6 Å². The number of methoxy groups -OCH3 is 1. The van der Waals surface area contributed by atoms with Gasteiger partial charge in [-0.2, -0.15) is 0 Å². The van der Waals surface area contributed by atoms with E-state index in [0.717, 1.165) is 53.0 Å². The van der Waals surface area contributed by atoms with Gasteiger partial charge in [0.1, 0.15) is 17.4 Å². The van der Waals surface area contributed by atoms with Gasteiger partial charge in [-0.1, -0.05) is 23.8 Å². The normalized spacial score (nSPS) is 19.3. The number of likely N-dealkylation sites (tertiary alicyclic amines) is 1. The molecule has 1 saturated heterocycles. The molecule has 10 heteroatoms. The first-order valence-corrected chi connectivity index (χ1v) is 12.6. The zero-order chi connectivity index (χ0) is 21.9. The number of anilines is 2. The van der Waals surface area contributed by atoms with Gasteiger partial charge in [0.2, 0.25) is 5.13 Å². The first-order valence-electron chi connectivity index (χ1n) is 11.3. The maximum atomic E-state index is 5.61. The van der Waals surface area contributed by atoms with Crippen molar-refractivity contribution >= 4 is 34.4 Å². The summed E-state index contributed by atoms with van der Waals surface area (Å²) < 4.78 is 10.4. The first kappa shape index (κ1) is 21.5. The van der Waals surface area contributed by atoms with Crippen molar-refractivity contribution in [2.24, 2.45) is 0 Å². The first-order chi connectivity index (χ1) is 15.7. The van der Waals surface area contributed by atoms with Gasteiger partial charge in [0.05, 0.1) is 13.8 Å². The van der Waals surface area contributed by atoms with Crippen LogP contribution in [0.1, 0.15) is 49.7 Å². The van der Waals surface area contributed by atoms with Crippen molar-refractivity contribution in [1.29, 1.82) is 0 Å². The lowest BCUT2D eigenvalue weighted by Gasteiger charge is -2.32. The van der Waals surface area contributed by atoms with Gasteiger partial charge in [-0.15, -0.1) is 15.3 Å². The second kappa shape index (κ2) is 9.68. The molecule has 1 unspecified atom stereocenters. The van der Waals surface area contributed by atoms with Crippen LogP contribution in [0.3, 0.4) is 0 Å². The number of ether oxygens (including phenoxy) is 1. The molecule has 0 amide bonds. The van der Waals surface area contributed by atoms with Crippen LogP contribution < -0.4 is 10.1 Å². The summed E-state index contributed by atoms with van der Waals surface area (Å²) in [7, 11) is 1.67. The van der Waals surface area contributed by atoms with Gasteiger partial charge in [-0.3, -0.25) is 4.90 Å². The van der Waals surface area contributed by atoms with E-state index in [1.807, 2.05) is 28.9 Å². The molecule has 0 saturated carbocycles. The summed E-state index contributed by atoms with van der Waals surface area (Å²) in [6.45, 7) is 3.78. The molecule has 3 aromatic rings. The highest BCUT2D eigenvalue weighted by molar-refractivity contribution is 7.73. The fraction of sp³-hybridized carbons (Fsp3) is 0.545. The fourth-order valence-corrected chi connectivity index (χ4v) is 5.68. The lowest BCUT2D eigenvalue weighted by atomic mass is 9.97. The number of nitrogens with zero attached hydrogens (tertiary/aromatic N) is 6. The van der Waals surface area contributed by atoms with E-state index in [2.05, 4.69) is 25.0 Å². The fourth-order valence-electron chi connectivity index (χ4n) is 4.66. The molecule has 2 aliphatic rings. The van der Waals surface area contributed by atoms with Crippen LogP contribution in [0.2, 0.25) is 0 Å². The van der Waals surface area contributed by atoms with Crippen molar-refractivity contribution in [3.8, 4) is 5.75 Å². The Hall–Kier alpha value is -2.30. The predicted octanol–water partition coefficient (Wildman–Crippen LogP) is 4.58. The average Bonchev–Trinajstić information content (AvgIpc) is 3.27. The molecule has 8 nitrogen and oxygen atoms in total. The van der Waals surface area contributed by atoms with E-state index in [4.69, 9.17) is 22.1 Å². The van der Waals surface area contributed by atoms with Crippen molar-refractivity contribution in [3.05, 3.63) is 39.9 Å². The molecule has 0 aliphatic carbocycles. The molecule has 32 heavy (non-hydrogen) atoms. The van der Waals surface area contributed by atoms with Gasteiger partial charge in [0.15, 0.2) is 3.95 Å². The molecule has 5 rings (SSSR count). The quantitative estimate of drug-likeness (QED) is 0.528. The molecule has 0 radical (unpaired) electrons. The molecule has 1 N–H and O–H groups in total. The molecular formula is C22H29N7OS2. The number of piperidine rings is 1. The Balaban J connectivity index is 1.26. The van der Waals surface area contributed by atoms with Crippen molar-refractivity contribution < 1.29 is 4.74 Å². The van der Waals surface area contributed by atoms with Crippen LogP contribution in [0.4, 0.5) is 10.8 Å². The Morgan fingerprint density at radius 1 is 1.19 bits per heavy atom. The Morgan fingerprint density at radius 2 is 2.12 bits per heavy atom. The molecule has 1 atom stereocenters. The topological polar surface area (TPSA) is 73.0 Å². The molecule has 170 valence electrons. The van der Waals surface area contributed by atoms with Crippen molar-refractivity contribution in [1.82, 2.24) is 29.4 Å². The van der Waals surface area contributed by atoms with Crippen LogP contribution in [0.5, 0.6) is 5.75 Å². The second-order valence-corrected chi connectivity index (χ2v) is 10.1. The summed E-state index contributed by atoms with van der Waals surface area (Å²) in [5, 5.41) is 18.0. The van der Waals surface area contributed by atoms with Gasteiger partial charge in [0, 0.05) is 37.2 Å². The minimum atomic E-state index is 0.422.